The summed E-state index contributed by atoms with van der Waals surface area (Å²) in [4.78, 5) is 0. The highest BCUT2D eigenvalue weighted by molar-refractivity contribution is 9.10. The molecule has 2 aromatic heterocycles. The maximum atomic E-state index is 5.85. The van der Waals surface area contributed by atoms with Gasteiger partial charge in [0.1, 0.15) is 11.5 Å². The summed E-state index contributed by atoms with van der Waals surface area (Å²) in [5.41, 5.74) is 2.21. The summed E-state index contributed by atoms with van der Waals surface area (Å²) in [6, 6.07) is 4.04. The van der Waals surface area contributed by atoms with Crippen molar-refractivity contribution in [2.75, 3.05) is 0 Å². The Hall–Kier alpha value is -1.07. The molecule has 0 saturated carbocycles. The molecule has 0 atom stereocenters. The average Bonchev–Trinajstić information content (AvgIpc) is 2.88. The maximum Gasteiger partial charge on any atom is 0.125 e. The second-order valence-corrected chi connectivity index (χ2v) is 6.91. The summed E-state index contributed by atoms with van der Waals surface area (Å²) < 4.78 is 8.87. The van der Waals surface area contributed by atoms with Crippen LogP contribution in [0.25, 0.3) is 0 Å². The van der Waals surface area contributed by atoms with E-state index in [-0.39, 0.29) is 5.54 Å². The van der Waals surface area contributed by atoms with Crippen LogP contribution in [0.3, 0.4) is 0 Å². The molecule has 2 rings (SSSR count). The lowest BCUT2D eigenvalue weighted by atomic mass is 10.1. The normalized spacial score (nSPS) is 12.1. The third kappa shape index (κ3) is 3.73. The van der Waals surface area contributed by atoms with E-state index < -0.39 is 0 Å². The molecular weight excluding hydrogens is 318 g/mol. The number of hydrogen-bond donors (Lipinski definition) is 1. The van der Waals surface area contributed by atoms with Gasteiger partial charge >= 0.3 is 0 Å². The second kappa shape index (κ2) is 5.74. The van der Waals surface area contributed by atoms with Crippen LogP contribution in [0, 0.1) is 13.8 Å². The van der Waals surface area contributed by atoms with Gasteiger partial charge in [-0.1, -0.05) is 0 Å². The van der Waals surface area contributed by atoms with E-state index in [1.165, 1.54) is 0 Å². The molecule has 4 nitrogen and oxygen atoms in total. The fourth-order valence-electron chi connectivity index (χ4n) is 1.93. The first-order valence-electron chi connectivity index (χ1n) is 6.78. The van der Waals surface area contributed by atoms with Crippen molar-refractivity contribution in [2.45, 2.75) is 53.2 Å². The van der Waals surface area contributed by atoms with Crippen LogP contribution >= 0.6 is 15.9 Å². The molecular formula is C15H22BrN3O. The van der Waals surface area contributed by atoms with Crippen LogP contribution in [-0.4, -0.2) is 15.3 Å². The summed E-state index contributed by atoms with van der Waals surface area (Å²) in [5, 5.41) is 7.91. The van der Waals surface area contributed by atoms with Crippen molar-refractivity contribution in [2.24, 2.45) is 0 Å². The molecule has 0 aliphatic heterocycles. The van der Waals surface area contributed by atoms with Gasteiger partial charge in [0.25, 0.3) is 0 Å². The third-order valence-corrected chi connectivity index (χ3v) is 4.26. The zero-order chi connectivity index (χ0) is 14.9. The summed E-state index contributed by atoms with van der Waals surface area (Å²) in [7, 11) is 0. The number of rotatable bonds is 4. The minimum absolute atomic E-state index is 0.0908. The fourth-order valence-corrected chi connectivity index (χ4v) is 2.22. The molecule has 5 heteroatoms. The molecule has 0 bridgehead atoms. The molecule has 0 amide bonds. The SMILES string of the molecule is Cc1nn(Cc2ccc(CNC(C)(C)C)o2)c(C)c1Br. The van der Waals surface area contributed by atoms with E-state index in [1.807, 2.05) is 23.7 Å². The van der Waals surface area contributed by atoms with Gasteiger partial charge in [-0.05, 0) is 62.7 Å². The number of halogens is 1. The van der Waals surface area contributed by atoms with Gasteiger partial charge in [0.2, 0.25) is 0 Å². The number of aromatic nitrogens is 2. The minimum atomic E-state index is 0.0908. The summed E-state index contributed by atoms with van der Waals surface area (Å²) in [6.45, 7) is 11.9. The number of aryl methyl sites for hydroxylation is 1. The molecule has 0 aromatic carbocycles. The first kappa shape index (κ1) is 15.3. The van der Waals surface area contributed by atoms with E-state index in [2.05, 4.69) is 54.0 Å². The second-order valence-electron chi connectivity index (χ2n) is 6.11. The Labute approximate surface area is 128 Å². The van der Waals surface area contributed by atoms with Crippen molar-refractivity contribution in [3.8, 4) is 0 Å². The summed E-state index contributed by atoms with van der Waals surface area (Å²) >= 11 is 3.54. The van der Waals surface area contributed by atoms with Crippen LogP contribution < -0.4 is 5.32 Å². The molecule has 0 spiro atoms. The van der Waals surface area contributed by atoms with Crippen molar-refractivity contribution in [1.82, 2.24) is 15.1 Å². The van der Waals surface area contributed by atoms with Gasteiger partial charge in [0.05, 0.1) is 29.0 Å². The molecule has 110 valence electrons. The van der Waals surface area contributed by atoms with Crippen molar-refractivity contribution < 1.29 is 4.42 Å². The highest BCUT2D eigenvalue weighted by atomic mass is 79.9. The van der Waals surface area contributed by atoms with Crippen LogP contribution in [0.1, 0.15) is 43.7 Å². The van der Waals surface area contributed by atoms with Crippen molar-refractivity contribution >= 4 is 15.9 Å². The monoisotopic (exact) mass is 339 g/mol. The molecule has 1 N–H and O–H groups in total. The average molecular weight is 340 g/mol. The molecule has 0 aliphatic rings. The van der Waals surface area contributed by atoms with Crippen molar-refractivity contribution in [3.63, 3.8) is 0 Å². The zero-order valence-corrected chi connectivity index (χ0v) is 14.3. The van der Waals surface area contributed by atoms with Crippen molar-refractivity contribution in [1.29, 1.82) is 0 Å². The first-order valence-corrected chi connectivity index (χ1v) is 7.58. The highest BCUT2D eigenvalue weighted by Crippen LogP contribution is 2.21. The predicted molar refractivity (Wildman–Crippen MR) is 83.8 cm³/mol. The summed E-state index contributed by atoms with van der Waals surface area (Å²) in [5.74, 6) is 1.88. The van der Waals surface area contributed by atoms with E-state index in [1.54, 1.807) is 0 Å². The largest absolute Gasteiger partial charge is 0.463 e. The number of hydrogen-bond acceptors (Lipinski definition) is 3. The van der Waals surface area contributed by atoms with E-state index in [0.29, 0.717) is 6.54 Å². The van der Waals surface area contributed by atoms with Gasteiger partial charge in [-0.25, -0.2) is 0 Å². The molecule has 0 radical (unpaired) electrons. The van der Waals surface area contributed by atoms with E-state index in [9.17, 15) is 0 Å². The Morgan fingerprint density at radius 1 is 1.25 bits per heavy atom. The molecule has 0 aliphatic carbocycles. The Kier molecular flexibility index (Phi) is 4.39. The first-order chi connectivity index (χ1) is 9.26. The Bertz CT molecular complexity index is 593. The highest BCUT2D eigenvalue weighted by Gasteiger charge is 2.12. The molecule has 2 aromatic rings. The van der Waals surface area contributed by atoms with Gasteiger partial charge in [0, 0.05) is 5.54 Å². The van der Waals surface area contributed by atoms with Crippen molar-refractivity contribution in [3.05, 3.63) is 39.5 Å². The van der Waals surface area contributed by atoms with Gasteiger partial charge in [-0.15, -0.1) is 0 Å². The van der Waals surface area contributed by atoms with Crippen LogP contribution in [0.4, 0.5) is 0 Å². The third-order valence-electron chi connectivity index (χ3n) is 3.11. The minimum Gasteiger partial charge on any atom is -0.463 e. The zero-order valence-electron chi connectivity index (χ0n) is 12.7. The van der Waals surface area contributed by atoms with E-state index in [4.69, 9.17) is 4.42 Å². The quantitative estimate of drug-likeness (QED) is 0.921. The molecule has 2 heterocycles. The molecule has 20 heavy (non-hydrogen) atoms. The summed E-state index contributed by atoms with van der Waals surface area (Å²) in [6.07, 6.45) is 0. The Morgan fingerprint density at radius 3 is 2.45 bits per heavy atom. The maximum absolute atomic E-state index is 5.85. The number of nitrogens with one attached hydrogen (secondary N) is 1. The lowest BCUT2D eigenvalue weighted by Gasteiger charge is -2.19. The Morgan fingerprint density at radius 2 is 1.90 bits per heavy atom. The topological polar surface area (TPSA) is 43.0 Å². The standard InChI is InChI=1S/C15H22BrN3O/c1-10-14(16)11(2)19(18-10)9-13-7-6-12(20-13)8-17-15(3,4)5/h6-7,17H,8-9H2,1-5H3. The lowest BCUT2D eigenvalue weighted by Crippen LogP contribution is -2.34. The van der Waals surface area contributed by atoms with E-state index in [0.717, 1.165) is 33.9 Å². The molecule has 0 unspecified atom stereocenters. The smallest absolute Gasteiger partial charge is 0.125 e. The lowest BCUT2D eigenvalue weighted by molar-refractivity contribution is 0.374. The fraction of sp³-hybridized carbons (Fsp3) is 0.533. The van der Waals surface area contributed by atoms with Gasteiger partial charge in [-0.3, -0.25) is 4.68 Å². The number of nitrogens with zero attached hydrogens (tertiary/aromatic N) is 2. The van der Waals surface area contributed by atoms with Gasteiger partial charge < -0.3 is 9.73 Å². The van der Waals surface area contributed by atoms with E-state index >= 15 is 0 Å². The van der Waals surface area contributed by atoms with Crippen LogP contribution in [0.15, 0.2) is 21.0 Å². The van der Waals surface area contributed by atoms with Crippen LogP contribution in [0.5, 0.6) is 0 Å². The predicted octanol–water partition coefficient (Wildman–Crippen LogP) is 3.79. The van der Waals surface area contributed by atoms with Gasteiger partial charge in [-0.2, -0.15) is 5.10 Å². The molecule has 0 saturated heterocycles. The van der Waals surface area contributed by atoms with Crippen LogP contribution in [0.2, 0.25) is 0 Å². The Balaban J connectivity index is 2.04. The molecule has 0 fully saturated rings. The van der Waals surface area contributed by atoms with Gasteiger partial charge in [0.15, 0.2) is 0 Å². The number of furan rings is 1. The van der Waals surface area contributed by atoms with Crippen LogP contribution in [-0.2, 0) is 13.1 Å².